The van der Waals surface area contributed by atoms with Gasteiger partial charge in [-0.3, -0.25) is 0 Å². The first-order valence-corrected chi connectivity index (χ1v) is 9.28. The number of fused-ring (bicyclic) bond motifs is 1. The third-order valence-electron chi connectivity index (χ3n) is 4.56. The highest BCUT2D eigenvalue weighted by Crippen LogP contribution is 2.30. The molecule has 0 amide bonds. The molecule has 2 aromatic carbocycles. The van der Waals surface area contributed by atoms with Gasteiger partial charge in [-0.2, -0.15) is 4.98 Å². The third kappa shape index (κ3) is 3.56. The zero-order valence-corrected chi connectivity index (χ0v) is 15.9. The van der Waals surface area contributed by atoms with Crippen LogP contribution in [0.4, 0.5) is 17.5 Å². The molecular weight excluding hydrogens is 369 g/mol. The molecule has 1 aliphatic heterocycles. The molecule has 0 radical (unpaired) electrons. The summed E-state index contributed by atoms with van der Waals surface area (Å²) in [5.74, 6) is 1.46. The lowest BCUT2D eigenvalue weighted by Gasteiger charge is -2.33. The number of piperazine rings is 1. The van der Waals surface area contributed by atoms with Gasteiger partial charge in [0.2, 0.25) is 5.95 Å². The van der Waals surface area contributed by atoms with Crippen LogP contribution in [-0.2, 0) is 0 Å². The largest absolute Gasteiger partial charge is 0.353 e. The van der Waals surface area contributed by atoms with E-state index in [4.69, 9.17) is 28.2 Å². The van der Waals surface area contributed by atoms with Crippen molar-refractivity contribution < 1.29 is 0 Å². The van der Waals surface area contributed by atoms with Gasteiger partial charge >= 0.3 is 0 Å². The molecule has 0 saturated carbocycles. The second-order valence-corrected chi connectivity index (χ2v) is 7.27. The van der Waals surface area contributed by atoms with Crippen LogP contribution in [0, 0.1) is 0 Å². The van der Waals surface area contributed by atoms with Crippen LogP contribution in [0.15, 0.2) is 42.5 Å². The fourth-order valence-electron chi connectivity index (χ4n) is 3.09. The number of benzene rings is 2. The van der Waals surface area contributed by atoms with E-state index < -0.39 is 0 Å². The lowest BCUT2D eigenvalue weighted by atomic mass is 10.2. The molecule has 5 nitrogen and oxygen atoms in total. The van der Waals surface area contributed by atoms with E-state index >= 15 is 0 Å². The van der Waals surface area contributed by atoms with Gasteiger partial charge in [0.05, 0.1) is 16.2 Å². The van der Waals surface area contributed by atoms with Crippen LogP contribution < -0.4 is 10.2 Å². The maximum absolute atomic E-state index is 6.28. The Bertz CT molecular complexity index is 938. The fraction of sp³-hybridized carbons (Fsp3) is 0.263. The Hall–Kier alpha value is -2.08. The van der Waals surface area contributed by atoms with Crippen molar-refractivity contribution in [3.05, 3.63) is 52.5 Å². The minimum Gasteiger partial charge on any atom is -0.353 e. The second kappa shape index (κ2) is 7.27. The van der Waals surface area contributed by atoms with E-state index in [1.54, 1.807) is 18.2 Å². The first-order valence-electron chi connectivity index (χ1n) is 8.52. The summed E-state index contributed by atoms with van der Waals surface area (Å²) in [6.07, 6.45) is 0. The highest BCUT2D eigenvalue weighted by atomic mass is 35.5. The zero-order chi connectivity index (χ0) is 18.1. The number of halogens is 2. The topological polar surface area (TPSA) is 44.3 Å². The van der Waals surface area contributed by atoms with Crippen LogP contribution in [0.2, 0.25) is 10.0 Å². The van der Waals surface area contributed by atoms with Gasteiger partial charge in [-0.25, -0.2) is 4.98 Å². The molecule has 2 heterocycles. The van der Waals surface area contributed by atoms with Crippen molar-refractivity contribution in [1.82, 2.24) is 14.9 Å². The molecule has 1 N–H and O–H groups in total. The van der Waals surface area contributed by atoms with Gasteiger partial charge in [-0.1, -0.05) is 35.3 Å². The van der Waals surface area contributed by atoms with Crippen LogP contribution >= 0.6 is 23.2 Å². The summed E-state index contributed by atoms with van der Waals surface area (Å²) in [6.45, 7) is 3.91. The Kier molecular flexibility index (Phi) is 4.85. The Balaban J connectivity index is 1.75. The average Bonchev–Trinajstić information content (AvgIpc) is 2.65. The van der Waals surface area contributed by atoms with E-state index in [1.807, 2.05) is 18.2 Å². The number of nitrogens with one attached hydrogen (secondary N) is 1. The number of para-hydroxylation sites is 1. The summed E-state index contributed by atoms with van der Waals surface area (Å²) < 4.78 is 0. The monoisotopic (exact) mass is 387 g/mol. The fourth-order valence-corrected chi connectivity index (χ4v) is 3.43. The summed E-state index contributed by atoms with van der Waals surface area (Å²) >= 11 is 12.4. The molecule has 1 aliphatic rings. The van der Waals surface area contributed by atoms with E-state index in [1.165, 1.54) is 0 Å². The maximum Gasteiger partial charge on any atom is 0.229 e. The minimum absolute atomic E-state index is 0.516. The van der Waals surface area contributed by atoms with Crippen LogP contribution in [0.25, 0.3) is 10.9 Å². The van der Waals surface area contributed by atoms with E-state index in [9.17, 15) is 0 Å². The first kappa shape index (κ1) is 17.3. The third-order valence-corrected chi connectivity index (χ3v) is 5.13. The second-order valence-electron chi connectivity index (χ2n) is 6.43. The molecule has 1 fully saturated rings. The summed E-state index contributed by atoms with van der Waals surface area (Å²) in [5.41, 5.74) is 1.59. The number of hydrogen-bond acceptors (Lipinski definition) is 5. The van der Waals surface area contributed by atoms with Gasteiger partial charge in [-0.05, 0) is 37.4 Å². The highest BCUT2D eigenvalue weighted by molar-refractivity contribution is 6.35. The minimum atomic E-state index is 0.516. The molecule has 4 rings (SSSR count). The lowest BCUT2D eigenvalue weighted by Crippen LogP contribution is -2.45. The Morgan fingerprint density at radius 1 is 0.962 bits per heavy atom. The summed E-state index contributed by atoms with van der Waals surface area (Å²) in [7, 11) is 2.14. The maximum atomic E-state index is 6.28. The van der Waals surface area contributed by atoms with Gasteiger partial charge in [0.15, 0.2) is 0 Å². The number of aromatic nitrogens is 2. The van der Waals surface area contributed by atoms with Crippen molar-refractivity contribution in [2.24, 2.45) is 0 Å². The van der Waals surface area contributed by atoms with E-state index in [-0.39, 0.29) is 0 Å². The Morgan fingerprint density at radius 2 is 1.73 bits per heavy atom. The molecule has 0 spiro atoms. The number of anilines is 3. The average molecular weight is 388 g/mol. The molecule has 1 saturated heterocycles. The van der Waals surface area contributed by atoms with Crippen molar-refractivity contribution in [2.75, 3.05) is 43.4 Å². The molecule has 0 unspecified atom stereocenters. The predicted octanol–water partition coefficient (Wildman–Crippen LogP) is 4.43. The van der Waals surface area contributed by atoms with E-state index in [2.05, 4.69) is 33.2 Å². The molecule has 7 heteroatoms. The molecule has 0 atom stereocenters. The molecule has 134 valence electrons. The smallest absolute Gasteiger partial charge is 0.229 e. The van der Waals surface area contributed by atoms with E-state index in [0.29, 0.717) is 21.7 Å². The molecular formula is C19H19Cl2N5. The van der Waals surface area contributed by atoms with Gasteiger partial charge < -0.3 is 15.1 Å². The summed E-state index contributed by atoms with van der Waals surface area (Å²) in [6, 6.07) is 13.4. The molecule has 1 aromatic heterocycles. The predicted molar refractivity (Wildman–Crippen MR) is 109 cm³/mol. The van der Waals surface area contributed by atoms with Crippen LogP contribution in [0.1, 0.15) is 0 Å². The summed E-state index contributed by atoms with van der Waals surface area (Å²) in [4.78, 5) is 14.1. The zero-order valence-electron chi connectivity index (χ0n) is 14.4. The Morgan fingerprint density at radius 3 is 2.54 bits per heavy atom. The van der Waals surface area contributed by atoms with Crippen molar-refractivity contribution in [2.45, 2.75) is 0 Å². The highest BCUT2D eigenvalue weighted by Gasteiger charge is 2.19. The lowest BCUT2D eigenvalue weighted by molar-refractivity contribution is 0.312. The van der Waals surface area contributed by atoms with Crippen LogP contribution in [0.3, 0.4) is 0 Å². The van der Waals surface area contributed by atoms with Crippen LogP contribution in [-0.4, -0.2) is 48.1 Å². The summed E-state index contributed by atoms with van der Waals surface area (Å²) in [5, 5.41) is 5.46. The number of likely N-dealkylation sites (N-methyl/N-ethyl adjacent to an activating group) is 1. The first-order chi connectivity index (χ1) is 12.6. The van der Waals surface area contributed by atoms with Gasteiger partial charge in [-0.15, -0.1) is 0 Å². The molecule has 3 aromatic rings. The molecule has 0 bridgehead atoms. The van der Waals surface area contributed by atoms with Crippen molar-refractivity contribution in [3.8, 4) is 0 Å². The van der Waals surface area contributed by atoms with E-state index in [0.717, 1.165) is 42.9 Å². The number of hydrogen-bond donors (Lipinski definition) is 1. The molecule has 26 heavy (non-hydrogen) atoms. The van der Waals surface area contributed by atoms with Gasteiger partial charge in [0, 0.05) is 36.6 Å². The van der Waals surface area contributed by atoms with Crippen LogP contribution in [0.5, 0.6) is 0 Å². The number of nitrogens with zero attached hydrogens (tertiary/aromatic N) is 4. The van der Waals surface area contributed by atoms with Crippen molar-refractivity contribution in [3.63, 3.8) is 0 Å². The number of rotatable bonds is 3. The van der Waals surface area contributed by atoms with Gasteiger partial charge in [0.1, 0.15) is 5.82 Å². The SMILES string of the molecule is CN1CCN(c2nc(Nc3cc(Cl)ccc3Cl)nc3ccccc23)CC1. The van der Waals surface area contributed by atoms with Gasteiger partial charge in [0.25, 0.3) is 0 Å². The molecule has 0 aliphatic carbocycles. The quantitative estimate of drug-likeness (QED) is 0.719. The Labute approximate surface area is 162 Å². The normalized spacial score (nSPS) is 15.4. The standard InChI is InChI=1S/C19H19Cl2N5/c1-25-8-10-26(11-9-25)18-14-4-2-3-5-16(14)22-19(24-18)23-17-12-13(20)6-7-15(17)21/h2-7,12H,8-11H2,1H3,(H,22,23,24). The van der Waals surface area contributed by atoms with Crippen molar-refractivity contribution in [1.29, 1.82) is 0 Å². The van der Waals surface area contributed by atoms with Crippen molar-refractivity contribution >= 4 is 51.6 Å².